The molecule has 0 saturated carbocycles. The highest BCUT2D eigenvalue weighted by Crippen LogP contribution is 2.39. The highest BCUT2D eigenvalue weighted by molar-refractivity contribution is 6.11. The minimum absolute atomic E-state index is 0.540. The van der Waals surface area contributed by atoms with Gasteiger partial charge in [-0.05, 0) is 53.1 Å². The van der Waals surface area contributed by atoms with Gasteiger partial charge in [0, 0.05) is 43.4 Å². The third-order valence-electron chi connectivity index (χ3n) is 11.2. The molecule has 0 saturated heterocycles. The lowest BCUT2D eigenvalue weighted by atomic mass is 10.0. The van der Waals surface area contributed by atoms with Gasteiger partial charge in [-0.2, -0.15) is 15.0 Å². The number of furan rings is 1. The summed E-state index contributed by atoms with van der Waals surface area (Å²) in [5.74, 6) is 1.65. The molecule has 12 rings (SSSR count). The van der Waals surface area contributed by atoms with E-state index in [1.807, 2.05) is 18.2 Å². The Kier molecular flexibility index (Phi) is 6.83. The molecule has 12 aromatic rings. The Balaban J connectivity index is 1.14. The Labute approximate surface area is 326 Å². The van der Waals surface area contributed by atoms with E-state index in [-0.39, 0.29) is 0 Å². The molecule has 0 bridgehead atoms. The number of benzene rings is 8. The number of para-hydroxylation sites is 5. The highest BCUT2D eigenvalue weighted by atomic mass is 16.3. The van der Waals surface area contributed by atoms with Crippen molar-refractivity contribution in [3.63, 3.8) is 0 Å². The predicted octanol–water partition coefficient (Wildman–Crippen LogP) is 13.0. The van der Waals surface area contributed by atoms with Crippen LogP contribution in [0.1, 0.15) is 0 Å². The van der Waals surface area contributed by atoms with Crippen molar-refractivity contribution in [1.82, 2.24) is 24.1 Å². The summed E-state index contributed by atoms with van der Waals surface area (Å²) in [4.78, 5) is 16.1. The second-order valence-electron chi connectivity index (χ2n) is 14.4. The lowest BCUT2D eigenvalue weighted by molar-refractivity contribution is 0.670. The zero-order chi connectivity index (χ0) is 37.5. The van der Waals surface area contributed by atoms with Gasteiger partial charge in [0.2, 0.25) is 11.9 Å². The molecule has 0 radical (unpaired) electrons. The molecule has 8 aromatic carbocycles. The van der Waals surface area contributed by atoms with Gasteiger partial charge >= 0.3 is 0 Å². The lowest BCUT2D eigenvalue weighted by Gasteiger charge is -2.13. The van der Waals surface area contributed by atoms with Gasteiger partial charge in [-0.3, -0.25) is 9.13 Å². The summed E-state index contributed by atoms with van der Waals surface area (Å²) in [6, 6.07) is 65.6. The minimum atomic E-state index is 0.540. The highest BCUT2D eigenvalue weighted by Gasteiger charge is 2.21. The van der Waals surface area contributed by atoms with Crippen LogP contribution in [0, 0.1) is 0 Å². The van der Waals surface area contributed by atoms with E-state index in [2.05, 4.69) is 179 Å². The van der Waals surface area contributed by atoms with Crippen molar-refractivity contribution in [1.29, 1.82) is 0 Å². The van der Waals surface area contributed by atoms with E-state index in [1.165, 1.54) is 0 Å². The van der Waals surface area contributed by atoms with Gasteiger partial charge < -0.3 is 4.42 Å². The lowest BCUT2D eigenvalue weighted by Crippen LogP contribution is -2.10. The van der Waals surface area contributed by atoms with Crippen molar-refractivity contribution in [2.24, 2.45) is 0 Å². The van der Waals surface area contributed by atoms with Crippen LogP contribution < -0.4 is 0 Å². The zero-order valence-electron chi connectivity index (χ0n) is 30.5. The van der Waals surface area contributed by atoms with E-state index in [4.69, 9.17) is 19.4 Å². The van der Waals surface area contributed by atoms with Gasteiger partial charge in [0.1, 0.15) is 11.2 Å². The number of hydrogen-bond donors (Lipinski definition) is 0. The standard InChI is InChI=1S/C51H31N5O/c1-2-14-32(15-3-1)33-28-29-40-39-20-6-10-26-45(39)56(46(40)31-33)51-53-49(52-50(54-51)55-43-24-8-4-18-37(43)38-19-5-9-25-44(38)55)35-17-12-16-34(30-35)36-22-13-23-42-41-21-7-11-27-47(41)57-48(36)42/h1-31H. The van der Waals surface area contributed by atoms with Crippen molar-refractivity contribution >= 4 is 65.6 Å². The molecule has 0 aliphatic rings. The number of rotatable bonds is 5. The van der Waals surface area contributed by atoms with Crippen LogP contribution in [-0.4, -0.2) is 24.1 Å². The number of nitrogens with zero attached hydrogens (tertiary/aromatic N) is 5. The van der Waals surface area contributed by atoms with E-state index in [0.717, 1.165) is 93.4 Å². The van der Waals surface area contributed by atoms with Crippen LogP contribution in [0.5, 0.6) is 0 Å². The van der Waals surface area contributed by atoms with Crippen LogP contribution in [0.3, 0.4) is 0 Å². The summed E-state index contributed by atoms with van der Waals surface area (Å²) < 4.78 is 10.8. The molecule has 0 aliphatic carbocycles. The predicted molar refractivity (Wildman–Crippen MR) is 232 cm³/mol. The van der Waals surface area contributed by atoms with Crippen LogP contribution in [0.25, 0.3) is 111 Å². The third-order valence-corrected chi connectivity index (χ3v) is 11.2. The second-order valence-corrected chi connectivity index (χ2v) is 14.4. The van der Waals surface area contributed by atoms with Gasteiger partial charge in [-0.1, -0.05) is 152 Å². The topological polar surface area (TPSA) is 61.7 Å². The third kappa shape index (κ3) is 4.87. The van der Waals surface area contributed by atoms with Crippen molar-refractivity contribution in [2.75, 3.05) is 0 Å². The molecule has 0 amide bonds. The van der Waals surface area contributed by atoms with Crippen LogP contribution in [0.15, 0.2) is 192 Å². The normalized spacial score (nSPS) is 11.9. The average Bonchev–Trinajstić information content (AvgIpc) is 3.94. The summed E-state index contributed by atoms with van der Waals surface area (Å²) in [6.45, 7) is 0. The summed E-state index contributed by atoms with van der Waals surface area (Å²) in [6.07, 6.45) is 0. The van der Waals surface area contributed by atoms with Gasteiger partial charge in [-0.15, -0.1) is 0 Å². The molecule has 0 aliphatic heterocycles. The molecule has 4 aromatic heterocycles. The van der Waals surface area contributed by atoms with Gasteiger partial charge in [0.15, 0.2) is 5.82 Å². The van der Waals surface area contributed by atoms with Crippen LogP contribution in [0.4, 0.5) is 0 Å². The van der Waals surface area contributed by atoms with Crippen molar-refractivity contribution in [2.45, 2.75) is 0 Å². The molecular formula is C51H31N5O. The van der Waals surface area contributed by atoms with Crippen LogP contribution in [-0.2, 0) is 0 Å². The summed E-state index contributed by atoms with van der Waals surface area (Å²) >= 11 is 0. The maximum absolute atomic E-state index is 6.48. The van der Waals surface area contributed by atoms with Gasteiger partial charge in [-0.25, -0.2) is 0 Å². The van der Waals surface area contributed by atoms with Gasteiger partial charge in [0.05, 0.1) is 22.1 Å². The van der Waals surface area contributed by atoms with Crippen molar-refractivity contribution in [3.05, 3.63) is 188 Å². The minimum Gasteiger partial charge on any atom is -0.455 e. The largest absolute Gasteiger partial charge is 0.455 e. The molecule has 0 N–H and O–H groups in total. The zero-order valence-corrected chi connectivity index (χ0v) is 30.5. The van der Waals surface area contributed by atoms with E-state index in [9.17, 15) is 0 Å². The Bertz CT molecular complexity index is 3490. The van der Waals surface area contributed by atoms with E-state index in [0.29, 0.717) is 17.7 Å². The first-order valence-electron chi connectivity index (χ1n) is 19.1. The molecule has 6 heteroatoms. The number of hydrogen-bond acceptors (Lipinski definition) is 4. The van der Waals surface area contributed by atoms with Crippen molar-refractivity contribution in [3.8, 4) is 45.5 Å². The first-order valence-corrected chi connectivity index (χ1v) is 19.1. The molecule has 6 nitrogen and oxygen atoms in total. The quantitative estimate of drug-likeness (QED) is 0.177. The second kappa shape index (κ2) is 12.3. The molecular weight excluding hydrogens is 699 g/mol. The van der Waals surface area contributed by atoms with Crippen molar-refractivity contribution < 1.29 is 4.42 Å². The Morgan fingerprint density at radius 1 is 0.333 bits per heavy atom. The van der Waals surface area contributed by atoms with E-state index in [1.54, 1.807) is 0 Å². The average molecular weight is 730 g/mol. The molecule has 0 spiro atoms. The Morgan fingerprint density at radius 2 is 0.860 bits per heavy atom. The van der Waals surface area contributed by atoms with Crippen LogP contribution in [0.2, 0.25) is 0 Å². The summed E-state index contributed by atoms with van der Waals surface area (Å²) in [5, 5.41) is 6.74. The molecule has 0 unspecified atom stereocenters. The molecule has 57 heavy (non-hydrogen) atoms. The first-order chi connectivity index (χ1) is 28.3. The smallest absolute Gasteiger partial charge is 0.240 e. The summed E-state index contributed by atoms with van der Waals surface area (Å²) in [7, 11) is 0. The van der Waals surface area contributed by atoms with Gasteiger partial charge in [0.25, 0.3) is 0 Å². The Hall–Kier alpha value is -7.83. The monoisotopic (exact) mass is 729 g/mol. The maximum Gasteiger partial charge on any atom is 0.240 e. The van der Waals surface area contributed by atoms with Crippen LogP contribution >= 0.6 is 0 Å². The molecule has 4 heterocycles. The SMILES string of the molecule is c1ccc(-c2ccc3c4ccccc4n(-c4nc(-c5cccc(-c6cccc7c6oc6ccccc67)c5)nc(-n5c6ccccc6c6ccccc65)n4)c3c2)cc1. The summed E-state index contributed by atoms with van der Waals surface area (Å²) in [5.41, 5.74) is 11.0. The number of aromatic nitrogens is 5. The van der Waals surface area contributed by atoms with E-state index >= 15 is 0 Å². The van der Waals surface area contributed by atoms with E-state index < -0.39 is 0 Å². The molecule has 0 fully saturated rings. The first kappa shape index (κ1) is 31.5. The Morgan fingerprint density at radius 3 is 1.56 bits per heavy atom. The maximum atomic E-state index is 6.48. The number of fused-ring (bicyclic) bond motifs is 9. The molecule has 0 atom stereocenters. The molecule has 266 valence electrons. The fourth-order valence-corrected chi connectivity index (χ4v) is 8.62. The fraction of sp³-hybridized carbons (Fsp3) is 0. The fourth-order valence-electron chi connectivity index (χ4n) is 8.62.